The van der Waals surface area contributed by atoms with E-state index in [4.69, 9.17) is 4.74 Å². The van der Waals surface area contributed by atoms with Gasteiger partial charge in [0.2, 0.25) is 0 Å². The smallest absolute Gasteiger partial charge is 0.127 e. The van der Waals surface area contributed by atoms with Crippen molar-refractivity contribution in [2.24, 2.45) is 0 Å². The zero-order valence-electron chi connectivity index (χ0n) is 14.5. The first-order valence-electron chi connectivity index (χ1n) is 7.91. The Labute approximate surface area is 129 Å². The van der Waals surface area contributed by atoms with Crippen molar-refractivity contribution in [1.82, 2.24) is 15.2 Å². The quantitative estimate of drug-likeness (QED) is 0.799. The standard InChI is InChI=1S/C17H31N3O/c1-7-20(8-2)9-10-21-16-11-14(3)18-12-15(16)13-19-17(4,5)6/h11-12,19H,7-10,13H2,1-6H3. The molecule has 0 aliphatic rings. The third-order valence-corrected chi connectivity index (χ3v) is 3.45. The van der Waals surface area contributed by atoms with Gasteiger partial charge in [0.1, 0.15) is 12.4 Å². The lowest BCUT2D eigenvalue weighted by Gasteiger charge is -2.22. The minimum absolute atomic E-state index is 0.0867. The van der Waals surface area contributed by atoms with E-state index in [9.17, 15) is 0 Å². The highest BCUT2D eigenvalue weighted by molar-refractivity contribution is 5.32. The Morgan fingerprint density at radius 3 is 2.48 bits per heavy atom. The number of nitrogens with one attached hydrogen (secondary N) is 1. The maximum Gasteiger partial charge on any atom is 0.127 e. The molecule has 1 aromatic rings. The highest BCUT2D eigenvalue weighted by Gasteiger charge is 2.12. The van der Waals surface area contributed by atoms with Crippen molar-refractivity contribution in [3.05, 3.63) is 23.5 Å². The summed E-state index contributed by atoms with van der Waals surface area (Å²) >= 11 is 0. The molecule has 0 aromatic carbocycles. The van der Waals surface area contributed by atoms with E-state index in [-0.39, 0.29) is 5.54 Å². The number of pyridine rings is 1. The van der Waals surface area contributed by atoms with Gasteiger partial charge in [-0.2, -0.15) is 0 Å². The van der Waals surface area contributed by atoms with E-state index in [0.29, 0.717) is 6.61 Å². The highest BCUT2D eigenvalue weighted by Crippen LogP contribution is 2.19. The summed E-state index contributed by atoms with van der Waals surface area (Å²) in [6, 6.07) is 2.03. The van der Waals surface area contributed by atoms with Crippen molar-refractivity contribution in [2.45, 2.75) is 53.6 Å². The predicted octanol–water partition coefficient (Wildman–Crippen LogP) is 3.00. The van der Waals surface area contributed by atoms with Gasteiger partial charge in [-0.15, -0.1) is 0 Å². The number of aromatic nitrogens is 1. The Hall–Kier alpha value is -1.13. The van der Waals surface area contributed by atoms with Crippen LogP contribution in [0.25, 0.3) is 0 Å². The van der Waals surface area contributed by atoms with Gasteiger partial charge in [0, 0.05) is 42.1 Å². The molecule has 4 heteroatoms. The van der Waals surface area contributed by atoms with Crippen LogP contribution in [-0.4, -0.2) is 41.7 Å². The molecule has 0 amide bonds. The van der Waals surface area contributed by atoms with Crippen LogP contribution in [0.15, 0.2) is 12.3 Å². The monoisotopic (exact) mass is 293 g/mol. The lowest BCUT2D eigenvalue weighted by atomic mass is 10.1. The zero-order valence-corrected chi connectivity index (χ0v) is 14.5. The largest absolute Gasteiger partial charge is 0.492 e. The van der Waals surface area contributed by atoms with Crippen molar-refractivity contribution < 1.29 is 4.74 Å². The first kappa shape index (κ1) is 17.9. The van der Waals surface area contributed by atoms with Crippen LogP contribution in [0.5, 0.6) is 5.75 Å². The zero-order chi connectivity index (χ0) is 15.9. The molecule has 0 aliphatic carbocycles. The van der Waals surface area contributed by atoms with Crippen LogP contribution in [0.4, 0.5) is 0 Å². The van der Waals surface area contributed by atoms with Gasteiger partial charge in [-0.3, -0.25) is 4.98 Å². The Morgan fingerprint density at radius 1 is 1.24 bits per heavy atom. The van der Waals surface area contributed by atoms with Crippen molar-refractivity contribution in [2.75, 3.05) is 26.2 Å². The van der Waals surface area contributed by atoms with Gasteiger partial charge in [-0.05, 0) is 40.8 Å². The lowest BCUT2D eigenvalue weighted by molar-refractivity contribution is 0.221. The molecule has 120 valence electrons. The molecule has 1 heterocycles. The molecule has 0 fully saturated rings. The summed E-state index contributed by atoms with van der Waals surface area (Å²) in [7, 11) is 0. The highest BCUT2D eigenvalue weighted by atomic mass is 16.5. The van der Waals surface area contributed by atoms with Crippen molar-refractivity contribution in [3.63, 3.8) is 0 Å². The molecule has 21 heavy (non-hydrogen) atoms. The molecule has 1 rings (SSSR count). The topological polar surface area (TPSA) is 37.4 Å². The molecular formula is C17H31N3O. The van der Waals surface area contributed by atoms with Crippen molar-refractivity contribution >= 4 is 0 Å². The van der Waals surface area contributed by atoms with E-state index < -0.39 is 0 Å². The van der Waals surface area contributed by atoms with Crippen LogP contribution < -0.4 is 10.1 Å². The number of hydrogen-bond donors (Lipinski definition) is 1. The van der Waals surface area contributed by atoms with E-state index in [1.54, 1.807) is 0 Å². The number of nitrogens with zero attached hydrogens (tertiary/aromatic N) is 2. The van der Waals surface area contributed by atoms with Crippen LogP contribution in [0.1, 0.15) is 45.9 Å². The molecule has 1 aromatic heterocycles. The second-order valence-electron chi connectivity index (χ2n) is 6.41. The maximum absolute atomic E-state index is 6.00. The third-order valence-electron chi connectivity index (χ3n) is 3.45. The van der Waals surface area contributed by atoms with Gasteiger partial charge in [-0.1, -0.05) is 13.8 Å². The normalized spacial score (nSPS) is 12.0. The average molecular weight is 293 g/mol. The van der Waals surface area contributed by atoms with Crippen molar-refractivity contribution in [1.29, 1.82) is 0 Å². The minimum atomic E-state index is 0.0867. The van der Waals surface area contributed by atoms with E-state index >= 15 is 0 Å². The molecule has 0 saturated carbocycles. The third kappa shape index (κ3) is 6.91. The van der Waals surface area contributed by atoms with Gasteiger partial charge >= 0.3 is 0 Å². The Morgan fingerprint density at radius 2 is 1.90 bits per heavy atom. The molecule has 0 radical (unpaired) electrons. The Balaban J connectivity index is 2.64. The first-order valence-corrected chi connectivity index (χ1v) is 7.91. The van der Waals surface area contributed by atoms with E-state index in [2.05, 4.69) is 49.8 Å². The number of rotatable bonds is 8. The SMILES string of the molecule is CCN(CC)CCOc1cc(C)ncc1CNC(C)(C)C. The van der Waals surface area contributed by atoms with Gasteiger partial charge < -0.3 is 15.0 Å². The van der Waals surface area contributed by atoms with Crippen LogP contribution in [0.2, 0.25) is 0 Å². The Bertz CT molecular complexity index is 423. The predicted molar refractivity (Wildman–Crippen MR) is 88.8 cm³/mol. The van der Waals surface area contributed by atoms with Gasteiger partial charge in [-0.25, -0.2) is 0 Å². The minimum Gasteiger partial charge on any atom is -0.492 e. The molecular weight excluding hydrogens is 262 g/mol. The maximum atomic E-state index is 6.00. The molecule has 0 spiro atoms. The summed E-state index contributed by atoms with van der Waals surface area (Å²) in [4.78, 5) is 6.75. The molecule has 0 aliphatic heterocycles. The average Bonchev–Trinajstić information content (AvgIpc) is 2.41. The fourth-order valence-corrected chi connectivity index (χ4v) is 2.02. The van der Waals surface area contributed by atoms with Crippen LogP contribution in [0.3, 0.4) is 0 Å². The Kier molecular flexibility index (Phi) is 7.12. The molecule has 0 unspecified atom stereocenters. The second-order valence-corrected chi connectivity index (χ2v) is 6.41. The molecule has 0 bridgehead atoms. The van der Waals surface area contributed by atoms with E-state index in [1.165, 1.54) is 0 Å². The summed E-state index contributed by atoms with van der Waals surface area (Å²) in [5, 5.41) is 3.49. The lowest BCUT2D eigenvalue weighted by Crippen LogP contribution is -2.35. The van der Waals surface area contributed by atoms with E-state index in [1.807, 2.05) is 19.2 Å². The van der Waals surface area contributed by atoms with Gasteiger partial charge in [0.25, 0.3) is 0 Å². The molecule has 0 atom stereocenters. The molecule has 4 nitrogen and oxygen atoms in total. The first-order chi connectivity index (χ1) is 9.85. The number of aryl methyl sites for hydroxylation is 1. The number of hydrogen-bond acceptors (Lipinski definition) is 4. The number of likely N-dealkylation sites (N-methyl/N-ethyl adjacent to an activating group) is 1. The van der Waals surface area contributed by atoms with Gasteiger partial charge in [0.05, 0.1) is 0 Å². The molecule has 1 N–H and O–H groups in total. The van der Waals surface area contributed by atoms with Crippen LogP contribution in [0, 0.1) is 6.92 Å². The summed E-state index contributed by atoms with van der Waals surface area (Å²) in [6.45, 7) is 17.4. The second kappa shape index (κ2) is 8.35. The number of ether oxygens (including phenoxy) is 1. The summed E-state index contributed by atoms with van der Waals surface area (Å²) in [5.74, 6) is 0.950. The summed E-state index contributed by atoms with van der Waals surface area (Å²) in [6.07, 6.45) is 1.92. The fraction of sp³-hybridized carbons (Fsp3) is 0.706. The van der Waals surface area contributed by atoms with Gasteiger partial charge in [0.15, 0.2) is 0 Å². The molecule has 0 saturated heterocycles. The van der Waals surface area contributed by atoms with Crippen LogP contribution in [-0.2, 0) is 6.54 Å². The fourth-order valence-electron chi connectivity index (χ4n) is 2.02. The van der Waals surface area contributed by atoms with Crippen LogP contribution >= 0.6 is 0 Å². The summed E-state index contributed by atoms with van der Waals surface area (Å²) < 4.78 is 6.00. The van der Waals surface area contributed by atoms with E-state index in [0.717, 1.165) is 43.2 Å². The summed E-state index contributed by atoms with van der Waals surface area (Å²) in [5.41, 5.74) is 2.20. The van der Waals surface area contributed by atoms with Crippen molar-refractivity contribution in [3.8, 4) is 5.75 Å².